The molecule has 0 radical (unpaired) electrons. The van der Waals surface area contributed by atoms with Crippen molar-refractivity contribution >= 4 is 11.8 Å². The van der Waals surface area contributed by atoms with Crippen LogP contribution in [0.1, 0.15) is 44.9 Å². The smallest absolute Gasteiger partial charge is 0.165 e. The fourth-order valence-corrected chi connectivity index (χ4v) is 4.58. The second-order valence-electron chi connectivity index (χ2n) is 6.85. The lowest BCUT2D eigenvalue weighted by Gasteiger charge is -2.13. The first-order valence-electron chi connectivity index (χ1n) is 9.54. The molecule has 4 nitrogen and oxygen atoms in total. The number of halogens is 1. The molecule has 1 aromatic heterocycles. The van der Waals surface area contributed by atoms with Gasteiger partial charge in [0.05, 0.1) is 6.61 Å². The summed E-state index contributed by atoms with van der Waals surface area (Å²) in [7, 11) is 0. The van der Waals surface area contributed by atoms with Crippen LogP contribution in [0, 0.1) is 5.82 Å². The zero-order valence-electron chi connectivity index (χ0n) is 15.3. The van der Waals surface area contributed by atoms with Crippen molar-refractivity contribution in [3.8, 4) is 16.9 Å². The fraction of sp³-hybridized carbons (Fsp3) is 0.476. The Morgan fingerprint density at radius 2 is 2.00 bits per heavy atom. The molecule has 1 saturated carbocycles. The molecule has 0 amide bonds. The van der Waals surface area contributed by atoms with E-state index in [1.165, 1.54) is 31.7 Å². The monoisotopic (exact) mass is 391 g/mol. The van der Waals surface area contributed by atoms with Crippen LogP contribution in [0.2, 0.25) is 0 Å². The van der Waals surface area contributed by atoms with E-state index in [9.17, 15) is 4.39 Å². The summed E-state index contributed by atoms with van der Waals surface area (Å²) in [6.45, 7) is 0.346. The molecule has 0 unspecified atom stereocenters. The van der Waals surface area contributed by atoms with Gasteiger partial charge in [-0.25, -0.2) is 9.37 Å². The van der Waals surface area contributed by atoms with Gasteiger partial charge in [0.25, 0.3) is 0 Å². The molecule has 27 heavy (non-hydrogen) atoms. The summed E-state index contributed by atoms with van der Waals surface area (Å²) in [4.78, 5) is 4.52. The van der Waals surface area contributed by atoms with Gasteiger partial charge in [0.1, 0.15) is 5.03 Å². The molecule has 0 spiro atoms. The molecule has 0 saturated heterocycles. The molecule has 0 bridgehead atoms. The molecule has 1 fully saturated rings. The second kappa shape index (κ2) is 10.1. The third kappa shape index (κ3) is 5.92. The van der Waals surface area contributed by atoms with Gasteiger partial charge < -0.3 is 14.9 Å². The maximum absolute atomic E-state index is 14.5. The first-order chi connectivity index (χ1) is 13.1. The number of hydrogen-bond donors (Lipinski definition) is 2. The lowest BCUT2D eigenvalue weighted by atomic mass is 10.1. The standard InChI is InChI=1S/C21H26FNO3S/c22-18-14-15(10-11-19(18)26-13-4-3-9-20(24)25)17-8-5-12-23-21(17)27-16-6-1-2-7-16/h5,8,10-12,14,16,20,24-25H,1-4,6-7,9,13H2. The maximum atomic E-state index is 14.5. The minimum atomic E-state index is -1.29. The Hall–Kier alpha value is -1.63. The Labute approximate surface area is 163 Å². The van der Waals surface area contributed by atoms with Gasteiger partial charge in [-0.1, -0.05) is 25.0 Å². The minimum absolute atomic E-state index is 0.220. The van der Waals surface area contributed by atoms with Crippen molar-refractivity contribution in [2.75, 3.05) is 6.61 Å². The van der Waals surface area contributed by atoms with Crippen molar-refractivity contribution < 1.29 is 19.3 Å². The van der Waals surface area contributed by atoms with Crippen molar-refractivity contribution in [3.63, 3.8) is 0 Å². The van der Waals surface area contributed by atoms with E-state index in [0.29, 0.717) is 31.1 Å². The third-order valence-electron chi connectivity index (χ3n) is 4.71. The minimum Gasteiger partial charge on any atom is -0.491 e. The van der Waals surface area contributed by atoms with Gasteiger partial charge in [-0.15, -0.1) is 11.8 Å². The van der Waals surface area contributed by atoms with Gasteiger partial charge in [0.2, 0.25) is 0 Å². The molecule has 1 aliphatic rings. The van der Waals surface area contributed by atoms with Crippen LogP contribution < -0.4 is 4.74 Å². The third-order valence-corrected chi connectivity index (χ3v) is 6.06. The van der Waals surface area contributed by atoms with Gasteiger partial charge in [0, 0.05) is 17.0 Å². The number of thioether (sulfide) groups is 1. The topological polar surface area (TPSA) is 62.6 Å². The molecule has 2 aromatic rings. The van der Waals surface area contributed by atoms with E-state index in [1.54, 1.807) is 24.0 Å². The lowest BCUT2D eigenvalue weighted by Crippen LogP contribution is -2.05. The van der Waals surface area contributed by atoms with Crippen LogP contribution in [0.15, 0.2) is 41.6 Å². The first kappa shape index (κ1) is 20.1. The number of pyridine rings is 1. The largest absolute Gasteiger partial charge is 0.491 e. The highest BCUT2D eigenvalue weighted by Gasteiger charge is 2.19. The number of nitrogens with zero attached hydrogens (tertiary/aromatic N) is 1. The van der Waals surface area contributed by atoms with Crippen molar-refractivity contribution in [2.45, 2.75) is 61.5 Å². The summed E-state index contributed by atoms with van der Waals surface area (Å²) in [6, 6.07) is 8.89. The Morgan fingerprint density at radius 1 is 1.19 bits per heavy atom. The molecule has 6 heteroatoms. The average molecular weight is 392 g/mol. The zero-order valence-corrected chi connectivity index (χ0v) is 16.1. The quantitative estimate of drug-likeness (QED) is 0.476. The highest BCUT2D eigenvalue weighted by molar-refractivity contribution is 8.00. The van der Waals surface area contributed by atoms with Crippen molar-refractivity contribution in [2.24, 2.45) is 0 Å². The van der Waals surface area contributed by atoms with Gasteiger partial charge in [-0.2, -0.15) is 0 Å². The Balaban J connectivity index is 1.65. The van der Waals surface area contributed by atoms with Gasteiger partial charge in [-0.05, 0) is 55.9 Å². The SMILES string of the molecule is OC(O)CCCCOc1ccc(-c2cccnc2SC2CCCC2)cc1F. The molecular formula is C21H26FNO3S. The predicted molar refractivity (Wildman–Crippen MR) is 105 cm³/mol. The zero-order chi connectivity index (χ0) is 19.1. The number of rotatable bonds is 9. The van der Waals surface area contributed by atoms with Crippen molar-refractivity contribution in [1.82, 2.24) is 4.98 Å². The van der Waals surface area contributed by atoms with E-state index in [0.717, 1.165) is 16.2 Å². The fourth-order valence-electron chi connectivity index (χ4n) is 3.27. The highest BCUT2D eigenvalue weighted by Crippen LogP contribution is 2.38. The van der Waals surface area contributed by atoms with Gasteiger partial charge >= 0.3 is 0 Å². The van der Waals surface area contributed by atoms with Crippen LogP contribution in [0.5, 0.6) is 5.75 Å². The molecule has 0 aliphatic heterocycles. The predicted octanol–water partition coefficient (Wildman–Crippen LogP) is 4.78. The van der Waals surface area contributed by atoms with E-state index >= 15 is 0 Å². The highest BCUT2D eigenvalue weighted by atomic mass is 32.2. The Morgan fingerprint density at radius 3 is 2.74 bits per heavy atom. The normalized spacial score (nSPS) is 14.8. The first-order valence-corrected chi connectivity index (χ1v) is 10.4. The van der Waals surface area contributed by atoms with Gasteiger partial charge in [0.15, 0.2) is 17.9 Å². The Kier molecular flexibility index (Phi) is 7.50. The summed E-state index contributed by atoms with van der Waals surface area (Å²) in [6.07, 6.45) is 7.04. The van der Waals surface area contributed by atoms with Crippen LogP contribution in [0.4, 0.5) is 4.39 Å². The average Bonchev–Trinajstić information content (AvgIpc) is 3.16. The molecular weight excluding hydrogens is 365 g/mol. The number of benzene rings is 1. The van der Waals surface area contributed by atoms with E-state index in [4.69, 9.17) is 14.9 Å². The molecule has 1 aliphatic carbocycles. The van der Waals surface area contributed by atoms with Crippen LogP contribution in [0.3, 0.4) is 0 Å². The van der Waals surface area contributed by atoms with Crippen LogP contribution in [0.25, 0.3) is 11.1 Å². The van der Waals surface area contributed by atoms with E-state index in [1.807, 2.05) is 18.2 Å². The summed E-state index contributed by atoms with van der Waals surface area (Å²) in [5.41, 5.74) is 1.76. The number of hydrogen-bond acceptors (Lipinski definition) is 5. The summed E-state index contributed by atoms with van der Waals surface area (Å²) < 4.78 is 20.0. The van der Waals surface area contributed by atoms with Crippen molar-refractivity contribution in [3.05, 3.63) is 42.3 Å². The Bertz CT molecular complexity index is 735. The summed E-state index contributed by atoms with van der Waals surface area (Å²) in [5.74, 6) is -0.174. The number of aromatic nitrogens is 1. The molecule has 1 aromatic carbocycles. The summed E-state index contributed by atoms with van der Waals surface area (Å²) in [5, 5.41) is 19.2. The van der Waals surface area contributed by atoms with Crippen LogP contribution in [-0.2, 0) is 0 Å². The van der Waals surface area contributed by atoms with Gasteiger partial charge in [-0.3, -0.25) is 0 Å². The van der Waals surface area contributed by atoms with E-state index in [-0.39, 0.29) is 5.75 Å². The molecule has 2 N–H and O–H groups in total. The second-order valence-corrected chi connectivity index (χ2v) is 8.14. The lowest BCUT2D eigenvalue weighted by molar-refractivity contribution is -0.0469. The maximum Gasteiger partial charge on any atom is 0.165 e. The number of ether oxygens (including phenoxy) is 1. The van der Waals surface area contributed by atoms with E-state index in [2.05, 4.69) is 4.98 Å². The number of aliphatic hydroxyl groups excluding tert-OH is 1. The molecule has 146 valence electrons. The molecule has 3 rings (SSSR count). The van der Waals surface area contributed by atoms with Crippen LogP contribution in [-0.4, -0.2) is 33.3 Å². The number of unbranched alkanes of at least 4 members (excludes halogenated alkanes) is 1. The molecule has 0 atom stereocenters. The molecule has 1 heterocycles. The van der Waals surface area contributed by atoms with Crippen molar-refractivity contribution in [1.29, 1.82) is 0 Å². The number of aliphatic hydroxyl groups is 2. The summed E-state index contributed by atoms with van der Waals surface area (Å²) >= 11 is 1.80. The van der Waals surface area contributed by atoms with E-state index < -0.39 is 12.1 Å². The van der Waals surface area contributed by atoms with Crippen LogP contribution >= 0.6 is 11.8 Å².